The molecule has 0 bridgehead atoms. The van der Waals surface area contributed by atoms with E-state index in [0.29, 0.717) is 18.8 Å². The molecule has 1 aliphatic rings. The minimum absolute atomic E-state index is 0.145. The molecule has 2 amide bonds. The topological polar surface area (TPSA) is 44.8 Å². The van der Waals surface area contributed by atoms with Crippen molar-refractivity contribution in [1.82, 2.24) is 4.90 Å². The van der Waals surface area contributed by atoms with Crippen molar-refractivity contribution < 1.29 is 22.7 Å². The number of amides is 2. The Bertz CT molecular complexity index is 627. The number of hydrogen-bond donors (Lipinski definition) is 1. The molecule has 2 rings (SSSR count). The Morgan fingerprint density at radius 2 is 1.96 bits per heavy atom. The molecule has 1 aromatic carbocycles. The first-order chi connectivity index (χ1) is 12.7. The van der Waals surface area contributed by atoms with Gasteiger partial charge in [0.2, 0.25) is 0 Å². The molecule has 1 heterocycles. The zero-order valence-corrected chi connectivity index (χ0v) is 16.1. The van der Waals surface area contributed by atoms with Gasteiger partial charge in [-0.1, -0.05) is 13.3 Å². The molecule has 1 aliphatic heterocycles. The van der Waals surface area contributed by atoms with Crippen LogP contribution >= 0.6 is 0 Å². The van der Waals surface area contributed by atoms with Crippen molar-refractivity contribution in [2.45, 2.75) is 44.9 Å². The number of unbranched alkanes of at least 4 members (excludes halogenated alkanes) is 1. The molecule has 0 radical (unpaired) electrons. The number of anilines is 2. The number of nitrogens with zero attached hydrogens (tertiary/aromatic N) is 2. The molecule has 8 heteroatoms. The normalized spacial score (nSPS) is 15.7. The van der Waals surface area contributed by atoms with E-state index in [1.54, 1.807) is 23.9 Å². The molecule has 1 fully saturated rings. The molecular weight excluding hydrogens is 359 g/mol. The predicted molar refractivity (Wildman–Crippen MR) is 100 cm³/mol. The van der Waals surface area contributed by atoms with Crippen LogP contribution in [0.4, 0.5) is 29.3 Å². The summed E-state index contributed by atoms with van der Waals surface area (Å²) in [6, 6.07) is 2.98. The maximum absolute atomic E-state index is 13.0. The summed E-state index contributed by atoms with van der Waals surface area (Å²) in [4.78, 5) is 15.8. The Balaban J connectivity index is 2.01. The third-order valence-electron chi connectivity index (χ3n) is 4.63. The van der Waals surface area contributed by atoms with Crippen molar-refractivity contribution in [3.63, 3.8) is 0 Å². The highest BCUT2D eigenvalue weighted by atomic mass is 19.4. The lowest BCUT2D eigenvalue weighted by molar-refractivity contribution is -0.137. The van der Waals surface area contributed by atoms with Gasteiger partial charge in [-0.25, -0.2) is 4.79 Å². The summed E-state index contributed by atoms with van der Waals surface area (Å²) in [5.41, 5.74) is -0.110. The number of carbonyl (C=O) groups is 1. The van der Waals surface area contributed by atoms with Gasteiger partial charge < -0.3 is 19.9 Å². The molecule has 1 N–H and O–H groups in total. The van der Waals surface area contributed by atoms with E-state index in [1.165, 1.54) is 6.07 Å². The van der Waals surface area contributed by atoms with Crippen LogP contribution in [0.15, 0.2) is 18.2 Å². The van der Waals surface area contributed by atoms with Crippen LogP contribution in [0.2, 0.25) is 0 Å². The fourth-order valence-electron chi connectivity index (χ4n) is 3.02. The van der Waals surface area contributed by atoms with E-state index < -0.39 is 11.7 Å². The number of nitrogens with one attached hydrogen (secondary N) is 1. The van der Waals surface area contributed by atoms with Crippen LogP contribution in [0, 0.1) is 0 Å². The fraction of sp³-hybridized carbons (Fsp3) is 0.632. The van der Waals surface area contributed by atoms with E-state index in [2.05, 4.69) is 12.2 Å². The first-order valence-corrected chi connectivity index (χ1v) is 9.28. The molecule has 152 valence electrons. The molecule has 0 saturated carbocycles. The molecule has 1 saturated heterocycles. The molecule has 0 spiro atoms. The van der Waals surface area contributed by atoms with Gasteiger partial charge in [0.25, 0.3) is 0 Å². The van der Waals surface area contributed by atoms with E-state index in [0.717, 1.165) is 44.4 Å². The summed E-state index contributed by atoms with van der Waals surface area (Å²) >= 11 is 0. The Morgan fingerprint density at radius 3 is 2.52 bits per heavy atom. The summed E-state index contributed by atoms with van der Waals surface area (Å²) in [6.07, 6.45) is -0.749. The summed E-state index contributed by atoms with van der Waals surface area (Å²) in [5, 5.41) is 2.65. The number of halogens is 3. The highest BCUT2D eigenvalue weighted by molar-refractivity contribution is 5.93. The second-order valence-electron chi connectivity index (χ2n) is 6.97. The SMILES string of the molecule is CCCCOC1CCN(C(=O)Nc2cc(C(F)(F)F)ccc2N(C)C)CC1. The maximum Gasteiger partial charge on any atom is 0.416 e. The first-order valence-electron chi connectivity index (χ1n) is 9.28. The number of piperidine rings is 1. The van der Waals surface area contributed by atoms with Crippen LogP contribution in [-0.2, 0) is 10.9 Å². The van der Waals surface area contributed by atoms with Crippen LogP contribution in [-0.4, -0.2) is 50.8 Å². The first kappa shape index (κ1) is 21.3. The van der Waals surface area contributed by atoms with Crippen molar-refractivity contribution in [1.29, 1.82) is 0 Å². The van der Waals surface area contributed by atoms with Gasteiger partial charge >= 0.3 is 12.2 Å². The minimum Gasteiger partial charge on any atom is -0.378 e. The Kier molecular flexibility index (Phi) is 7.35. The van der Waals surface area contributed by atoms with Crippen LogP contribution < -0.4 is 10.2 Å². The van der Waals surface area contributed by atoms with Gasteiger partial charge in [0, 0.05) is 33.8 Å². The minimum atomic E-state index is -4.46. The Morgan fingerprint density at radius 1 is 1.30 bits per heavy atom. The molecule has 0 unspecified atom stereocenters. The maximum atomic E-state index is 13.0. The van der Waals surface area contributed by atoms with E-state index in [9.17, 15) is 18.0 Å². The van der Waals surface area contributed by atoms with Gasteiger partial charge in [0.15, 0.2) is 0 Å². The Labute approximate surface area is 158 Å². The average molecular weight is 387 g/mol. The number of rotatable bonds is 6. The summed E-state index contributed by atoms with van der Waals surface area (Å²) in [6.45, 7) is 3.88. The lowest BCUT2D eigenvalue weighted by Gasteiger charge is -2.32. The molecule has 5 nitrogen and oxygen atoms in total. The van der Waals surface area contributed by atoms with Crippen molar-refractivity contribution in [3.8, 4) is 0 Å². The van der Waals surface area contributed by atoms with Gasteiger partial charge in [-0.3, -0.25) is 0 Å². The molecule has 0 aliphatic carbocycles. The lowest BCUT2D eigenvalue weighted by atomic mass is 10.1. The zero-order valence-electron chi connectivity index (χ0n) is 16.1. The lowest BCUT2D eigenvalue weighted by Crippen LogP contribution is -2.43. The second kappa shape index (κ2) is 9.30. The van der Waals surface area contributed by atoms with Gasteiger partial charge in [0.05, 0.1) is 23.0 Å². The van der Waals surface area contributed by atoms with Gasteiger partial charge in [-0.15, -0.1) is 0 Å². The number of hydrogen-bond acceptors (Lipinski definition) is 3. The van der Waals surface area contributed by atoms with Crippen LogP contribution in [0.1, 0.15) is 38.2 Å². The standard InChI is InChI=1S/C19H28F3N3O2/c1-4-5-12-27-15-8-10-25(11-9-15)18(26)23-16-13-14(19(20,21)22)6-7-17(16)24(2)3/h6-7,13,15H,4-5,8-12H2,1-3H3,(H,23,26). The number of urea groups is 1. The molecule has 27 heavy (non-hydrogen) atoms. The van der Waals surface area contributed by atoms with E-state index in [4.69, 9.17) is 4.74 Å². The highest BCUT2D eigenvalue weighted by Gasteiger charge is 2.32. The van der Waals surface area contributed by atoms with Crippen molar-refractivity contribution in [2.24, 2.45) is 0 Å². The number of benzene rings is 1. The third kappa shape index (κ3) is 6.02. The van der Waals surface area contributed by atoms with E-state index in [1.807, 2.05) is 0 Å². The predicted octanol–water partition coefficient (Wildman–Crippen LogP) is 4.58. The van der Waals surface area contributed by atoms with E-state index in [-0.39, 0.29) is 17.8 Å². The quantitative estimate of drug-likeness (QED) is 0.727. The number of likely N-dealkylation sites (tertiary alicyclic amines) is 1. The average Bonchev–Trinajstić information content (AvgIpc) is 2.61. The van der Waals surface area contributed by atoms with Crippen molar-refractivity contribution in [2.75, 3.05) is 44.0 Å². The van der Waals surface area contributed by atoms with Crippen LogP contribution in [0.5, 0.6) is 0 Å². The highest BCUT2D eigenvalue weighted by Crippen LogP contribution is 2.35. The van der Waals surface area contributed by atoms with E-state index >= 15 is 0 Å². The summed E-state index contributed by atoms with van der Waals surface area (Å²) in [5.74, 6) is 0. The van der Waals surface area contributed by atoms with Crippen LogP contribution in [0.25, 0.3) is 0 Å². The van der Waals surface area contributed by atoms with Gasteiger partial charge in [-0.05, 0) is 37.5 Å². The zero-order chi connectivity index (χ0) is 20.0. The summed E-state index contributed by atoms with van der Waals surface area (Å²) in [7, 11) is 3.44. The Hall–Kier alpha value is -1.96. The molecule has 1 aromatic rings. The third-order valence-corrected chi connectivity index (χ3v) is 4.63. The monoisotopic (exact) mass is 387 g/mol. The summed E-state index contributed by atoms with van der Waals surface area (Å²) < 4.78 is 44.8. The van der Waals surface area contributed by atoms with Gasteiger partial charge in [0.1, 0.15) is 0 Å². The van der Waals surface area contributed by atoms with Gasteiger partial charge in [-0.2, -0.15) is 13.2 Å². The largest absolute Gasteiger partial charge is 0.416 e. The second-order valence-corrected chi connectivity index (χ2v) is 6.97. The van der Waals surface area contributed by atoms with Crippen molar-refractivity contribution >= 4 is 17.4 Å². The number of carbonyl (C=O) groups excluding carboxylic acids is 1. The van der Waals surface area contributed by atoms with Crippen molar-refractivity contribution in [3.05, 3.63) is 23.8 Å². The number of alkyl halides is 3. The van der Waals surface area contributed by atoms with Crippen LogP contribution in [0.3, 0.4) is 0 Å². The smallest absolute Gasteiger partial charge is 0.378 e. The fourth-order valence-corrected chi connectivity index (χ4v) is 3.02. The number of ether oxygens (including phenoxy) is 1. The molecule has 0 aromatic heterocycles. The molecular formula is C19H28F3N3O2. The molecule has 0 atom stereocenters.